The molecule has 12 heteroatoms. The number of thioether (sulfide) groups is 1. The van der Waals surface area contributed by atoms with Gasteiger partial charge >= 0.3 is 0 Å². The Labute approximate surface area is 203 Å². The molecule has 0 aliphatic heterocycles. The van der Waals surface area contributed by atoms with Crippen molar-refractivity contribution in [1.29, 1.82) is 0 Å². The fourth-order valence-corrected chi connectivity index (χ4v) is 4.54. The third kappa shape index (κ3) is 9.55. The van der Waals surface area contributed by atoms with Crippen molar-refractivity contribution in [3.63, 3.8) is 0 Å². The molecular formula is C19H17Cl4N3O4S. The molecule has 1 unspecified atom stereocenters. The molecule has 166 valence electrons. The highest BCUT2D eigenvalue weighted by Crippen LogP contribution is 2.33. The number of ether oxygens (including phenoxy) is 1. The van der Waals surface area contributed by atoms with E-state index in [1.165, 1.54) is 0 Å². The van der Waals surface area contributed by atoms with Crippen LogP contribution >= 0.6 is 58.2 Å². The van der Waals surface area contributed by atoms with Crippen LogP contribution in [0.5, 0.6) is 0 Å². The second-order valence-corrected chi connectivity index (χ2v) is 9.09. The standard InChI is InChI=1S/C19H16Cl4N2OS.HNO3/c20-14-2-1-13(17(22)7-14)10-26-11-16(9-25-6-5-24-12-25)27-19-4-3-15(21)8-18(19)23;2-1(3)4/h1-8,12,16H,9-11H2;(H,2,3,4). The zero-order valence-electron chi connectivity index (χ0n) is 15.8. The molecule has 1 N–H and O–H groups in total. The van der Waals surface area contributed by atoms with Crippen molar-refractivity contribution in [2.24, 2.45) is 0 Å². The smallest absolute Gasteiger partial charge is 0.291 e. The van der Waals surface area contributed by atoms with Crippen molar-refractivity contribution in [2.45, 2.75) is 23.3 Å². The number of benzene rings is 2. The Bertz CT molecular complexity index is 988. The van der Waals surface area contributed by atoms with Crippen LogP contribution in [0.4, 0.5) is 0 Å². The fourth-order valence-electron chi connectivity index (χ4n) is 2.44. The summed E-state index contributed by atoms with van der Waals surface area (Å²) in [5.41, 5.74) is 0.900. The third-order valence-electron chi connectivity index (χ3n) is 3.74. The number of halogens is 4. The lowest BCUT2D eigenvalue weighted by molar-refractivity contribution is -0.742. The average Bonchev–Trinajstić information content (AvgIpc) is 3.18. The maximum absolute atomic E-state index is 8.36. The molecule has 0 aliphatic rings. The minimum Gasteiger partial charge on any atom is -0.375 e. The summed E-state index contributed by atoms with van der Waals surface area (Å²) in [6, 6.07) is 10.9. The molecular weight excluding hydrogens is 508 g/mol. The molecule has 1 atom stereocenters. The van der Waals surface area contributed by atoms with Crippen LogP contribution in [0.3, 0.4) is 0 Å². The normalized spacial score (nSPS) is 11.5. The van der Waals surface area contributed by atoms with Gasteiger partial charge in [-0.15, -0.1) is 21.9 Å². The molecule has 3 aromatic rings. The Balaban J connectivity index is 0.000000785. The molecule has 7 nitrogen and oxygen atoms in total. The van der Waals surface area contributed by atoms with Crippen molar-refractivity contribution in [2.75, 3.05) is 6.61 Å². The van der Waals surface area contributed by atoms with Gasteiger partial charge in [0.05, 0.1) is 29.8 Å². The topological polar surface area (TPSA) is 90.4 Å². The lowest BCUT2D eigenvalue weighted by Gasteiger charge is -2.18. The zero-order chi connectivity index (χ0) is 22.8. The van der Waals surface area contributed by atoms with Gasteiger partial charge in [-0.2, -0.15) is 0 Å². The summed E-state index contributed by atoms with van der Waals surface area (Å²) in [7, 11) is 0. The highest BCUT2D eigenvalue weighted by molar-refractivity contribution is 8.00. The van der Waals surface area contributed by atoms with Gasteiger partial charge in [-0.05, 0) is 35.9 Å². The number of nitrogens with zero attached hydrogens (tertiary/aromatic N) is 3. The van der Waals surface area contributed by atoms with Gasteiger partial charge in [0.2, 0.25) is 0 Å². The van der Waals surface area contributed by atoms with Crippen molar-refractivity contribution >= 4 is 58.2 Å². The van der Waals surface area contributed by atoms with Crippen LogP contribution in [0.15, 0.2) is 60.0 Å². The van der Waals surface area contributed by atoms with E-state index in [4.69, 9.17) is 66.5 Å². The van der Waals surface area contributed by atoms with Gasteiger partial charge in [0.25, 0.3) is 5.09 Å². The van der Waals surface area contributed by atoms with Gasteiger partial charge in [0.15, 0.2) is 0 Å². The number of hydrogen-bond acceptors (Lipinski definition) is 5. The molecule has 0 aliphatic carbocycles. The lowest BCUT2D eigenvalue weighted by atomic mass is 10.2. The Morgan fingerprint density at radius 2 is 1.77 bits per heavy atom. The van der Waals surface area contributed by atoms with Crippen molar-refractivity contribution in [3.05, 3.63) is 90.9 Å². The number of hydrogen-bond donors (Lipinski definition) is 1. The zero-order valence-corrected chi connectivity index (χ0v) is 19.7. The molecule has 0 spiro atoms. The van der Waals surface area contributed by atoms with E-state index in [2.05, 4.69) is 4.98 Å². The van der Waals surface area contributed by atoms with Crippen LogP contribution in [0.1, 0.15) is 5.56 Å². The highest BCUT2D eigenvalue weighted by Gasteiger charge is 2.15. The van der Waals surface area contributed by atoms with E-state index in [0.717, 1.165) is 17.0 Å². The summed E-state index contributed by atoms with van der Waals surface area (Å²) in [4.78, 5) is 13.4. The summed E-state index contributed by atoms with van der Waals surface area (Å²) in [6.07, 6.45) is 5.46. The van der Waals surface area contributed by atoms with E-state index < -0.39 is 5.09 Å². The van der Waals surface area contributed by atoms with E-state index in [1.54, 1.807) is 42.5 Å². The molecule has 2 aromatic carbocycles. The van der Waals surface area contributed by atoms with E-state index >= 15 is 0 Å². The fraction of sp³-hybridized carbons (Fsp3) is 0.211. The summed E-state index contributed by atoms with van der Waals surface area (Å²) < 4.78 is 7.95. The number of aromatic nitrogens is 2. The van der Waals surface area contributed by atoms with E-state index in [1.807, 2.05) is 29.0 Å². The first-order valence-electron chi connectivity index (χ1n) is 8.67. The minimum atomic E-state index is -1.50. The largest absolute Gasteiger partial charge is 0.375 e. The molecule has 0 amide bonds. The van der Waals surface area contributed by atoms with Crippen molar-refractivity contribution in [1.82, 2.24) is 9.55 Å². The van der Waals surface area contributed by atoms with Gasteiger partial charge in [0.1, 0.15) is 0 Å². The van der Waals surface area contributed by atoms with Crippen molar-refractivity contribution < 1.29 is 15.0 Å². The minimum absolute atomic E-state index is 0.129. The van der Waals surface area contributed by atoms with Gasteiger partial charge in [-0.1, -0.05) is 52.5 Å². The highest BCUT2D eigenvalue weighted by atomic mass is 35.5. The van der Waals surface area contributed by atoms with Crippen LogP contribution in [0, 0.1) is 10.1 Å². The van der Waals surface area contributed by atoms with Crippen molar-refractivity contribution in [3.8, 4) is 0 Å². The van der Waals surface area contributed by atoms with Gasteiger partial charge in [-0.25, -0.2) is 4.98 Å². The predicted octanol–water partition coefficient (Wildman–Crippen LogP) is 6.53. The monoisotopic (exact) mass is 523 g/mol. The van der Waals surface area contributed by atoms with Gasteiger partial charge in [0, 0.05) is 38.9 Å². The molecule has 0 radical (unpaired) electrons. The Hall–Kier alpha value is -1.68. The Morgan fingerprint density at radius 3 is 2.35 bits per heavy atom. The summed E-state index contributed by atoms with van der Waals surface area (Å²) in [5, 5.41) is 16.2. The van der Waals surface area contributed by atoms with Gasteiger partial charge < -0.3 is 14.5 Å². The number of rotatable bonds is 8. The second kappa shape index (κ2) is 13.0. The average molecular weight is 525 g/mol. The Morgan fingerprint density at radius 1 is 1.13 bits per heavy atom. The second-order valence-electron chi connectivity index (χ2n) is 6.06. The van der Waals surface area contributed by atoms with Crippen LogP contribution in [0.2, 0.25) is 20.1 Å². The molecule has 1 aromatic heterocycles. The molecule has 0 saturated carbocycles. The molecule has 0 bridgehead atoms. The predicted molar refractivity (Wildman–Crippen MR) is 123 cm³/mol. The quantitative estimate of drug-likeness (QED) is 0.205. The molecule has 31 heavy (non-hydrogen) atoms. The molecule has 0 saturated heterocycles. The Kier molecular flexibility index (Phi) is 10.7. The molecule has 3 rings (SSSR count). The first kappa shape index (κ1) is 25.6. The molecule has 1 heterocycles. The van der Waals surface area contributed by atoms with Crippen LogP contribution in [0.25, 0.3) is 0 Å². The van der Waals surface area contributed by atoms with Crippen LogP contribution in [-0.2, 0) is 17.9 Å². The lowest BCUT2D eigenvalue weighted by Crippen LogP contribution is -2.18. The van der Waals surface area contributed by atoms with Gasteiger partial charge in [-0.3, -0.25) is 0 Å². The van der Waals surface area contributed by atoms with E-state index in [-0.39, 0.29) is 5.25 Å². The molecule has 0 fully saturated rings. The maximum atomic E-state index is 8.36. The summed E-state index contributed by atoms with van der Waals surface area (Å²) in [5.74, 6) is 0. The van der Waals surface area contributed by atoms with E-state index in [9.17, 15) is 0 Å². The summed E-state index contributed by atoms with van der Waals surface area (Å²) >= 11 is 26.1. The van der Waals surface area contributed by atoms with Crippen LogP contribution in [-0.4, -0.2) is 31.7 Å². The maximum Gasteiger partial charge on any atom is 0.291 e. The number of imidazole rings is 1. The van der Waals surface area contributed by atoms with E-state index in [0.29, 0.717) is 33.3 Å². The SMILES string of the molecule is Clc1ccc(COCC(Cn2ccnc2)Sc2ccc(Cl)cc2Cl)c(Cl)c1.O=[N+]([O-])O. The first-order chi connectivity index (χ1) is 14.7. The first-order valence-corrected chi connectivity index (χ1v) is 11.1. The van der Waals surface area contributed by atoms with Crippen LogP contribution < -0.4 is 0 Å². The summed E-state index contributed by atoms with van der Waals surface area (Å²) in [6.45, 7) is 1.66. The third-order valence-corrected chi connectivity index (χ3v) is 6.21.